The fourth-order valence-electron chi connectivity index (χ4n) is 0.989. The normalized spacial score (nSPS) is 10.0. The van der Waals surface area contributed by atoms with Gasteiger partial charge >= 0.3 is 6.01 Å². The van der Waals surface area contributed by atoms with E-state index >= 15 is 0 Å². The zero-order valence-electron chi connectivity index (χ0n) is 7.52. The molecule has 0 unspecified atom stereocenters. The lowest BCUT2D eigenvalue weighted by Crippen LogP contribution is -1.91. The van der Waals surface area contributed by atoms with E-state index in [9.17, 15) is 0 Å². The van der Waals surface area contributed by atoms with E-state index in [1.807, 2.05) is 24.3 Å². The molecule has 1 heterocycles. The maximum atomic E-state index is 5.48. The highest BCUT2D eigenvalue weighted by molar-refractivity contribution is 14.1. The molecule has 0 bridgehead atoms. The van der Waals surface area contributed by atoms with E-state index in [1.165, 1.54) is 0 Å². The molecule has 0 fully saturated rings. The van der Waals surface area contributed by atoms with Gasteiger partial charge in [0.2, 0.25) is 0 Å². The van der Waals surface area contributed by atoms with Crippen LogP contribution in [0.25, 0.3) is 0 Å². The molecule has 3 nitrogen and oxygen atoms in total. The smallest absolute Gasteiger partial charge is 0.321 e. The summed E-state index contributed by atoms with van der Waals surface area (Å²) < 4.78 is 7.59. The molecular formula is C10H6I2N2O. The minimum Gasteiger partial charge on any atom is -0.424 e. The average Bonchev–Trinajstić information content (AvgIpc) is 2.22. The van der Waals surface area contributed by atoms with Crippen molar-refractivity contribution < 1.29 is 4.74 Å². The molecule has 0 aliphatic heterocycles. The fourth-order valence-corrected chi connectivity index (χ4v) is 1.78. The summed E-state index contributed by atoms with van der Waals surface area (Å²) in [7, 11) is 0. The summed E-state index contributed by atoms with van der Waals surface area (Å²) in [5, 5.41) is 0. The monoisotopic (exact) mass is 424 g/mol. The lowest BCUT2D eigenvalue weighted by molar-refractivity contribution is 0.441. The predicted molar refractivity (Wildman–Crippen MR) is 74.0 cm³/mol. The summed E-state index contributed by atoms with van der Waals surface area (Å²) in [5.41, 5.74) is 0. The van der Waals surface area contributed by atoms with Gasteiger partial charge in [0, 0.05) is 19.5 Å². The topological polar surface area (TPSA) is 35.0 Å². The molecule has 0 amide bonds. The summed E-state index contributed by atoms with van der Waals surface area (Å²) in [5.74, 6) is 0.753. The second-order valence-corrected chi connectivity index (χ2v) is 5.23. The number of aromatic nitrogens is 2. The Balaban J connectivity index is 2.18. The van der Waals surface area contributed by atoms with Crippen molar-refractivity contribution in [3.05, 3.63) is 43.8 Å². The fraction of sp³-hybridized carbons (Fsp3) is 0. The van der Waals surface area contributed by atoms with E-state index in [0.717, 1.165) is 12.9 Å². The van der Waals surface area contributed by atoms with Crippen molar-refractivity contribution >= 4 is 45.2 Å². The van der Waals surface area contributed by atoms with Crippen LogP contribution in [0.3, 0.4) is 0 Å². The SMILES string of the molecule is Ic1cnc(Oc2cccc(I)c2)nc1. The molecule has 1 aromatic heterocycles. The van der Waals surface area contributed by atoms with Crippen molar-refractivity contribution in [2.24, 2.45) is 0 Å². The van der Waals surface area contributed by atoms with Crippen LogP contribution in [-0.2, 0) is 0 Å². The van der Waals surface area contributed by atoms with Gasteiger partial charge in [0.15, 0.2) is 0 Å². The van der Waals surface area contributed by atoms with Crippen LogP contribution in [0, 0.1) is 7.14 Å². The summed E-state index contributed by atoms with van der Waals surface area (Å²) in [6, 6.07) is 8.12. The van der Waals surface area contributed by atoms with Gasteiger partial charge in [-0.1, -0.05) is 6.07 Å². The third-order valence-electron chi connectivity index (χ3n) is 1.60. The number of hydrogen-bond acceptors (Lipinski definition) is 3. The van der Waals surface area contributed by atoms with Gasteiger partial charge < -0.3 is 4.74 Å². The Bertz CT molecular complexity index is 459. The van der Waals surface area contributed by atoms with Crippen LogP contribution in [0.4, 0.5) is 0 Å². The van der Waals surface area contributed by atoms with Gasteiger partial charge in [0.1, 0.15) is 5.75 Å². The molecular weight excluding hydrogens is 418 g/mol. The van der Waals surface area contributed by atoms with Gasteiger partial charge in [0.25, 0.3) is 0 Å². The Labute approximate surface area is 115 Å². The van der Waals surface area contributed by atoms with Crippen molar-refractivity contribution in [1.29, 1.82) is 0 Å². The largest absolute Gasteiger partial charge is 0.424 e. The minimum absolute atomic E-state index is 0.373. The number of hydrogen-bond donors (Lipinski definition) is 0. The van der Waals surface area contributed by atoms with Crippen molar-refractivity contribution in [2.75, 3.05) is 0 Å². The highest BCUT2D eigenvalue weighted by Gasteiger charge is 1.99. The molecule has 0 aliphatic rings. The van der Waals surface area contributed by atoms with E-state index in [4.69, 9.17) is 4.74 Å². The molecule has 0 spiro atoms. The molecule has 0 saturated carbocycles. The molecule has 0 atom stereocenters. The van der Waals surface area contributed by atoms with Gasteiger partial charge in [-0.15, -0.1) is 0 Å². The molecule has 0 saturated heterocycles. The maximum Gasteiger partial charge on any atom is 0.321 e. The minimum atomic E-state index is 0.373. The van der Waals surface area contributed by atoms with Crippen molar-refractivity contribution in [3.8, 4) is 11.8 Å². The lowest BCUT2D eigenvalue weighted by atomic mass is 10.3. The first-order valence-corrected chi connectivity index (χ1v) is 6.31. The second kappa shape index (κ2) is 5.06. The van der Waals surface area contributed by atoms with E-state index in [1.54, 1.807) is 12.4 Å². The van der Waals surface area contributed by atoms with Crippen LogP contribution in [0.15, 0.2) is 36.7 Å². The third kappa shape index (κ3) is 3.26. The van der Waals surface area contributed by atoms with E-state index < -0.39 is 0 Å². The number of ether oxygens (including phenoxy) is 1. The first kappa shape index (κ1) is 11.1. The molecule has 5 heteroatoms. The Hall–Kier alpha value is -0.440. The van der Waals surface area contributed by atoms with E-state index in [2.05, 4.69) is 55.1 Å². The summed E-state index contributed by atoms with van der Waals surface area (Å²) >= 11 is 4.38. The molecule has 0 N–H and O–H groups in total. The summed E-state index contributed by atoms with van der Waals surface area (Å²) in [4.78, 5) is 8.12. The second-order valence-electron chi connectivity index (χ2n) is 2.74. The molecule has 15 heavy (non-hydrogen) atoms. The summed E-state index contributed by atoms with van der Waals surface area (Å²) in [6.07, 6.45) is 3.44. The van der Waals surface area contributed by atoms with Gasteiger partial charge in [-0.2, -0.15) is 0 Å². The van der Waals surface area contributed by atoms with E-state index in [0.29, 0.717) is 6.01 Å². The quantitative estimate of drug-likeness (QED) is 0.693. The predicted octanol–water partition coefficient (Wildman–Crippen LogP) is 3.48. The van der Waals surface area contributed by atoms with Crippen LogP contribution in [-0.4, -0.2) is 9.97 Å². The van der Waals surface area contributed by atoms with Gasteiger partial charge in [-0.05, 0) is 63.4 Å². The number of rotatable bonds is 2. The first-order chi connectivity index (χ1) is 7.24. The Morgan fingerprint density at radius 2 is 1.73 bits per heavy atom. The first-order valence-electron chi connectivity index (χ1n) is 4.15. The number of benzene rings is 1. The van der Waals surface area contributed by atoms with Crippen LogP contribution in [0.2, 0.25) is 0 Å². The van der Waals surface area contributed by atoms with Crippen molar-refractivity contribution in [3.63, 3.8) is 0 Å². The zero-order chi connectivity index (χ0) is 10.7. The van der Waals surface area contributed by atoms with Crippen molar-refractivity contribution in [1.82, 2.24) is 9.97 Å². The molecule has 0 radical (unpaired) electrons. The van der Waals surface area contributed by atoms with Gasteiger partial charge in [-0.25, -0.2) is 9.97 Å². The van der Waals surface area contributed by atoms with Gasteiger partial charge in [0.05, 0.1) is 0 Å². The highest BCUT2D eigenvalue weighted by atomic mass is 127. The van der Waals surface area contributed by atoms with Crippen molar-refractivity contribution in [2.45, 2.75) is 0 Å². The lowest BCUT2D eigenvalue weighted by Gasteiger charge is -2.03. The van der Waals surface area contributed by atoms with Crippen LogP contribution >= 0.6 is 45.2 Å². The van der Waals surface area contributed by atoms with Crippen LogP contribution in [0.5, 0.6) is 11.8 Å². The Morgan fingerprint density at radius 1 is 1.00 bits per heavy atom. The van der Waals surface area contributed by atoms with E-state index in [-0.39, 0.29) is 0 Å². The van der Waals surface area contributed by atoms with Crippen LogP contribution < -0.4 is 4.74 Å². The Morgan fingerprint density at radius 3 is 2.40 bits per heavy atom. The van der Waals surface area contributed by atoms with Gasteiger partial charge in [-0.3, -0.25) is 0 Å². The standard InChI is InChI=1S/C10H6I2N2O/c11-7-2-1-3-9(4-7)15-10-13-5-8(12)6-14-10/h1-6H. The molecule has 0 aliphatic carbocycles. The molecule has 76 valence electrons. The highest BCUT2D eigenvalue weighted by Crippen LogP contribution is 2.19. The number of nitrogens with zero attached hydrogens (tertiary/aromatic N) is 2. The average molecular weight is 424 g/mol. The molecule has 2 rings (SSSR count). The Kier molecular flexibility index (Phi) is 3.73. The third-order valence-corrected chi connectivity index (χ3v) is 2.83. The summed E-state index contributed by atoms with van der Waals surface area (Å²) in [6.45, 7) is 0. The maximum absolute atomic E-state index is 5.48. The zero-order valence-corrected chi connectivity index (χ0v) is 11.8. The molecule has 2 aromatic rings. The number of halogens is 2. The molecule has 1 aromatic carbocycles. The van der Waals surface area contributed by atoms with Crippen LogP contribution in [0.1, 0.15) is 0 Å².